The van der Waals surface area contributed by atoms with Crippen molar-refractivity contribution in [1.29, 1.82) is 0 Å². The monoisotopic (exact) mass is 974 g/mol. The summed E-state index contributed by atoms with van der Waals surface area (Å²) in [5, 5.41) is 2.69. The van der Waals surface area contributed by atoms with Gasteiger partial charge in [-0.1, -0.05) is 201 Å². The zero-order chi connectivity index (χ0) is 52.3. The van der Waals surface area contributed by atoms with Gasteiger partial charge in [0.1, 0.15) is 0 Å². The van der Waals surface area contributed by atoms with Gasteiger partial charge in [-0.05, 0) is 25.5 Å². The number of carbonyl (C=O) groups is 9. The molecule has 74 heavy (non-hydrogen) atoms. The quantitative estimate of drug-likeness (QED) is 0.0359. The Hall–Kier alpha value is -9.87. The summed E-state index contributed by atoms with van der Waals surface area (Å²) >= 11 is 0. The van der Waals surface area contributed by atoms with Crippen molar-refractivity contribution in [3.63, 3.8) is 0 Å². The van der Waals surface area contributed by atoms with Crippen LogP contribution in [0, 0.1) is 0 Å². The lowest BCUT2D eigenvalue weighted by Crippen LogP contribution is -2.41. The first-order valence-corrected chi connectivity index (χ1v) is 23.6. The van der Waals surface area contributed by atoms with E-state index >= 15 is 28.8 Å². The first-order chi connectivity index (χ1) is 35.9. The molecule has 0 aliphatic rings. The summed E-state index contributed by atoms with van der Waals surface area (Å²) in [6.45, 7) is 4.69. The number of carbonyl (C=O) groups excluding carboxylic acids is 9. The molecule has 0 fully saturated rings. The Labute approximate surface area is 426 Å². The molecule has 11 heteroatoms. The number of nitrogens with zero attached hydrogens (tertiary/aromatic N) is 1. The van der Waals surface area contributed by atoms with Gasteiger partial charge in [-0.3, -0.25) is 48.1 Å². The molecule has 8 rings (SSSR count). The van der Waals surface area contributed by atoms with E-state index in [4.69, 9.17) is 0 Å². The summed E-state index contributed by atoms with van der Waals surface area (Å²) in [7, 11) is 0. The molecule has 0 aliphatic carbocycles. The lowest BCUT2D eigenvalue weighted by Gasteiger charge is -2.28. The van der Waals surface area contributed by atoms with Gasteiger partial charge < -0.3 is 5.32 Å². The lowest BCUT2D eigenvalue weighted by molar-refractivity contribution is -0.117. The van der Waals surface area contributed by atoms with Crippen LogP contribution in [0.1, 0.15) is 130 Å². The predicted octanol–water partition coefficient (Wildman–Crippen LogP) is 10.4. The smallest absolute Gasteiger partial charge is 0.262 e. The highest BCUT2D eigenvalue weighted by Crippen LogP contribution is 2.38. The minimum absolute atomic E-state index is 0.0198. The van der Waals surface area contributed by atoms with Crippen LogP contribution in [-0.2, 0) is 4.79 Å². The number of hydrogen-bond donors (Lipinski definition) is 1. The summed E-state index contributed by atoms with van der Waals surface area (Å²) in [5.74, 6) is -7.93. The molecule has 8 aromatic carbocycles. The molecule has 1 N–H and O–H groups in total. The van der Waals surface area contributed by atoms with Crippen molar-refractivity contribution in [3.05, 3.63) is 296 Å². The van der Waals surface area contributed by atoms with Crippen LogP contribution in [0.15, 0.2) is 218 Å². The summed E-state index contributed by atoms with van der Waals surface area (Å²) in [4.78, 5) is 137. The van der Waals surface area contributed by atoms with Crippen molar-refractivity contribution >= 4 is 52.4 Å². The molecule has 0 aliphatic heterocycles. The second kappa shape index (κ2) is 22.9. The zero-order valence-corrected chi connectivity index (χ0v) is 40.1. The van der Waals surface area contributed by atoms with E-state index in [1.807, 2.05) is 0 Å². The zero-order valence-electron chi connectivity index (χ0n) is 40.1. The molecule has 0 bridgehead atoms. The third-order valence-electron chi connectivity index (χ3n) is 12.2. The minimum Gasteiger partial charge on any atom is -0.352 e. The molecule has 0 atom stereocenters. The fourth-order valence-corrected chi connectivity index (χ4v) is 8.46. The largest absolute Gasteiger partial charge is 0.352 e. The first-order valence-electron chi connectivity index (χ1n) is 23.6. The van der Waals surface area contributed by atoms with Gasteiger partial charge in [0, 0.05) is 91.0 Å². The molecular formula is C63H46N2O9. The fraction of sp³-hybridized carbons (Fsp3) is 0.0635. The topological polar surface area (TPSA) is 169 Å². The molecule has 3 amide bonds. The van der Waals surface area contributed by atoms with Crippen molar-refractivity contribution < 1.29 is 43.2 Å². The van der Waals surface area contributed by atoms with Crippen LogP contribution in [0.25, 0.3) is 0 Å². The Kier molecular flexibility index (Phi) is 15.6. The van der Waals surface area contributed by atoms with Crippen molar-refractivity contribution in [1.82, 2.24) is 10.2 Å². The molecule has 8 aromatic rings. The van der Waals surface area contributed by atoms with Crippen LogP contribution in [0.2, 0.25) is 0 Å². The Morgan fingerprint density at radius 3 is 0.905 bits per heavy atom. The second-order valence-electron chi connectivity index (χ2n) is 17.1. The third kappa shape index (κ3) is 10.7. The van der Waals surface area contributed by atoms with Crippen molar-refractivity contribution in [2.24, 2.45) is 0 Å². The maximum atomic E-state index is 16.3. The van der Waals surface area contributed by atoms with Gasteiger partial charge in [-0.2, -0.15) is 0 Å². The van der Waals surface area contributed by atoms with E-state index in [2.05, 4.69) is 11.9 Å². The average Bonchev–Trinajstić information content (AvgIpc) is 3.48. The molecular weight excluding hydrogens is 929 g/mol. The molecule has 0 aromatic heterocycles. The summed E-state index contributed by atoms with van der Waals surface area (Å²) in [6.07, 6.45) is -0.0539. The lowest BCUT2D eigenvalue weighted by atomic mass is 9.75. The molecule has 362 valence electrons. The highest BCUT2D eigenvalue weighted by Gasteiger charge is 2.43. The summed E-state index contributed by atoms with van der Waals surface area (Å²) in [6, 6.07) is 52.1. The Bertz CT molecular complexity index is 3490. The fourth-order valence-electron chi connectivity index (χ4n) is 8.46. The second-order valence-corrected chi connectivity index (χ2v) is 17.1. The van der Waals surface area contributed by atoms with Gasteiger partial charge in [0.15, 0.2) is 34.7 Å². The van der Waals surface area contributed by atoms with Gasteiger partial charge in [-0.25, -0.2) is 0 Å². The highest BCUT2D eigenvalue weighted by molar-refractivity contribution is 6.36. The maximum absolute atomic E-state index is 16.3. The van der Waals surface area contributed by atoms with Gasteiger partial charge in [0.2, 0.25) is 5.91 Å². The number of ketones is 6. The molecule has 0 spiro atoms. The molecule has 0 saturated carbocycles. The number of nitrogens with one attached hydrogen (secondary N) is 1. The Morgan fingerprint density at radius 1 is 0.338 bits per heavy atom. The van der Waals surface area contributed by atoms with Crippen LogP contribution in [0.5, 0.6) is 0 Å². The standard InChI is InChI=1S/C63H46N2O9/c1-40(2)61(72)64-38-21-39-65(62(73)48-32-19-8-20-33-48)63(74)54-52(59(70)45-30-17-7-18-31-45)50(57(68)43-26-13-5-14-27-43)49(56(67)42-24-11-4-12-25-42)51(58(69)44-28-15-6-16-29-44)53(54)60(71)47-36-34-46(35-37-47)55(66)41-22-9-3-10-23-41/h3-20,22-37H,1,21,38-39H2,2H3,(H,64,72). The van der Waals surface area contributed by atoms with Crippen LogP contribution < -0.4 is 5.32 Å². The van der Waals surface area contributed by atoms with Gasteiger partial charge in [0.25, 0.3) is 11.8 Å². The van der Waals surface area contributed by atoms with Crippen molar-refractivity contribution in [3.8, 4) is 0 Å². The first kappa shape index (κ1) is 50.5. The van der Waals surface area contributed by atoms with E-state index in [-0.39, 0.29) is 63.3 Å². The van der Waals surface area contributed by atoms with Crippen LogP contribution in [-0.4, -0.2) is 70.4 Å². The molecule has 0 radical (unpaired) electrons. The van der Waals surface area contributed by atoms with Gasteiger partial charge >= 0.3 is 0 Å². The van der Waals surface area contributed by atoms with E-state index in [1.165, 1.54) is 91.9 Å². The van der Waals surface area contributed by atoms with Crippen LogP contribution in [0.4, 0.5) is 0 Å². The van der Waals surface area contributed by atoms with Gasteiger partial charge in [-0.15, -0.1) is 0 Å². The SMILES string of the molecule is C=C(C)C(=O)NCCCN(C(=O)c1ccccc1)C(=O)c1c(C(=O)c2ccccc2)c(C(=O)c2ccccc2)c(C(=O)c2ccccc2)c(C(=O)c2ccccc2)c1C(=O)c1ccc(C(=O)c2ccccc2)cc1. The Morgan fingerprint density at radius 2 is 0.595 bits per heavy atom. The van der Waals surface area contributed by atoms with Gasteiger partial charge in [0.05, 0.1) is 5.56 Å². The van der Waals surface area contributed by atoms with Crippen LogP contribution in [0.3, 0.4) is 0 Å². The number of benzene rings is 8. The number of imide groups is 1. The normalized spacial score (nSPS) is 10.7. The number of amides is 3. The molecule has 0 saturated heterocycles. The van der Waals surface area contributed by atoms with Crippen molar-refractivity contribution in [2.75, 3.05) is 13.1 Å². The van der Waals surface area contributed by atoms with E-state index < -0.39 is 86.6 Å². The van der Waals surface area contributed by atoms with E-state index in [0.717, 1.165) is 4.90 Å². The minimum atomic E-state index is -1.27. The predicted molar refractivity (Wildman–Crippen MR) is 280 cm³/mol. The summed E-state index contributed by atoms with van der Waals surface area (Å²) in [5.41, 5.74) is -3.90. The molecule has 0 unspecified atom stereocenters. The average molecular weight is 975 g/mol. The van der Waals surface area contributed by atoms with Crippen molar-refractivity contribution in [2.45, 2.75) is 13.3 Å². The third-order valence-corrected chi connectivity index (χ3v) is 12.2. The van der Waals surface area contributed by atoms with E-state index in [1.54, 1.807) is 121 Å². The molecule has 0 heterocycles. The highest BCUT2D eigenvalue weighted by atomic mass is 16.2. The Balaban J connectivity index is 1.54. The van der Waals surface area contributed by atoms with E-state index in [9.17, 15) is 14.4 Å². The number of hydrogen-bond acceptors (Lipinski definition) is 9. The maximum Gasteiger partial charge on any atom is 0.262 e. The van der Waals surface area contributed by atoms with Crippen LogP contribution >= 0.6 is 0 Å². The number of rotatable bonds is 19. The van der Waals surface area contributed by atoms with E-state index in [0.29, 0.717) is 5.56 Å². The summed E-state index contributed by atoms with van der Waals surface area (Å²) < 4.78 is 0. The molecule has 11 nitrogen and oxygen atoms in total.